The molecule has 0 aromatic carbocycles. The van der Waals surface area contributed by atoms with Crippen molar-refractivity contribution in [2.24, 2.45) is 23.7 Å². The fraction of sp³-hybridized carbons (Fsp3) is 0.867. The largest absolute Gasteiger partial charge is 0.344 e. The van der Waals surface area contributed by atoms with Gasteiger partial charge in [0.05, 0.1) is 5.92 Å². The molecule has 19 heavy (non-hydrogen) atoms. The summed E-state index contributed by atoms with van der Waals surface area (Å²) in [5.41, 5.74) is -0.442. The van der Waals surface area contributed by atoms with Gasteiger partial charge >= 0.3 is 0 Å². The predicted octanol–water partition coefficient (Wildman–Crippen LogP) is 1.58. The van der Waals surface area contributed by atoms with Crippen molar-refractivity contribution in [2.45, 2.75) is 51.4 Å². The van der Waals surface area contributed by atoms with Gasteiger partial charge in [-0.2, -0.15) is 0 Å². The van der Waals surface area contributed by atoms with Crippen LogP contribution in [0.15, 0.2) is 0 Å². The van der Waals surface area contributed by atoms with Crippen LogP contribution >= 0.6 is 0 Å². The topological polar surface area (TPSA) is 46.6 Å². The lowest BCUT2D eigenvalue weighted by atomic mass is 9.76. The van der Waals surface area contributed by atoms with E-state index in [0.29, 0.717) is 18.4 Å². The minimum Gasteiger partial charge on any atom is -0.344 e. The first-order valence-electron chi connectivity index (χ1n) is 7.68. The van der Waals surface area contributed by atoms with Gasteiger partial charge in [0.15, 0.2) is 5.78 Å². The summed E-state index contributed by atoms with van der Waals surface area (Å²) < 4.78 is 6.26. The maximum absolute atomic E-state index is 12.7. The van der Waals surface area contributed by atoms with E-state index in [-0.39, 0.29) is 29.6 Å². The number of amides is 1. The van der Waals surface area contributed by atoms with E-state index in [4.69, 9.17) is 4.74 Å². The molecule has 4 aliphatic rings. The third-order valence-corrected chi connectivity index (χ3v) is 5.91. The first-order chi connectivity index (χ1) is 9.15. The first kappa shape index (κ1) is 11.9. The van der Waals surface area contributed by atoms with Gasteiger partial charge in [0.2, 0.25) is 5.91 Å². The molecule has 2 aliphatic heterocycles. The third kappa shape index (κ3) is 1.12. The SMILES string of the molecule is CCCCC12OC3C(=O)C4CC3C1C4C(=O)N2CC. The molecule has 1 amide bonds. The van der Waals surface area contributed by atoms with Crippen LogP contribution in [0, 0.1) is 23.7 Å². The van der Waals surface area contributed by atoms with Crippen LogP contribution in [0.2, 0.25) is 0 Å². The molecule has 6 atom stereocenters. The van der Waals surface area contributed by atoms with Crippen LogP contribution in [0.25, 0.3) is 0 Å². The van der Waals surface area contributed by atoms with Gasteiger partial charge in [-0.25, -0.2) is 0 Å². The second kappa shape index (κ2) is 3.60. The Morgan fingerprint density at radius 2 is 2.16 bits per heavy atom. The average molecular weight is 263 g/mol. The maximum Gasteiger partial charge on any atom is 0.229 e. The highest BCUT2D eigenvalue weighted by molar-refractivity contribution is 5.98. The third-order valence-electron chi connectivity index (χ3n) is 5.91. The highest BCUT2D eigenvalue weighted by Crippen LogP contribution is 2.67. The number of Topliss-reactive ketones (excluding diaryl/α,β-unsaturated/α-hetero) is 1. The second-order valence-corrected chi connectivity index (χ2v) is 6.53. The number of likely N-dealkylation sites (tertiary alicyclic amines) is 1. The number of nitrogens with zero attached hydrogens (tertiary/aromatic N) is 1. The van der Waals surface area contributed by atoms with Crippen LogP contribution in [0.4, 0.5) is 0 Å². The van der Waals surface area contributed by atoms with Crippen molar-refractivity contribution in [3.05, 3.63) is 0 Å². The monoisotopic (exact) mass is 263 g/mol. The van der Waals surface area contributed by atoms with Gasteiger partial charge in [-0.05, 0) is 26.2 Å². The van der Waals surface area contributed by atoms with E-state index >= 15 is 0 Å². The van der Waals surface area contributed by atoms with Crippen molar-refractivity contribution < 1.29 is 14.3 Å². The van der Waals surface area contributed by atoms with Gasteiger partial charge in [-0.1, -0.05) is 13.3 Å². The maximum atomic E-state index is 12.7. The smallest absolute Gasteiger partial charge is 0.229 e. The molecule has 4 rings (SSSR count). The Bertz CT molecular complexity index is 462. The zero-order valence-electron chi connectivity index (χ0n) is 11.6. The molecule has 4 fully saturated rings. The molecule has 0 N–H and O–H groups in total. The molecule has 2 aliphatic carbocycles. The minimum atomic E-state index is -0.442. The molecule has 2 saturated carbocycles. The summed E-state index contributed by atoms with van der Waals surface area (Å²) in [7, 11) is 0. The lowest BCUT2D eigenvalue weighted by molar-refractivity contribution is -0.172. The summed E-state index contributed by atoms with van der Waals surface area (Å²) in [6, 6.07) is 0. The van der Waals surface area contributed by atoms with E-state index in [1.54, 1.807) is 0 Å². The number of ketones is 1. The Hall–Kier alpha value is -0.900. The molecular weight excluding hydrogens is 242 g/mol. The molecule has 2 heterocycles. The Morgan fingerprint density at radius 3 is 2.84 bits per heavy atom. The van der Waals surface area contributed by atoms with Crippen molar-refractivity contribution in [1.29, 1.82) is 0 Å². The zero-order valence-corrected chi connectivity index (χ0v) is 11.6. The number of unbranched alkanes of at least 4 members (excludes halogenated alkanes) is 1. The quantitative estimate of drug-likeness (QED) is 0.773. The van der Waals surface area contributed by atoms with Gasteiger partial charge in [0.1, 0.15) is 11.8 Å². The Balaban J connectivity index is 1.80. The summed E-state index contributed by atoms with van der Waals surface area (Å²) in [6.45, 7) is 4.89. The fourth-order valence-electron chi connectivity index (χ4n) is 5.34. The number of rotatable bonds is 4. The first-order valence-corrected chi connectivity index (χ1v) is 7.68. The second-order valence-electron chi connectivity index (χ2n) is 6.53. The van der Waals surface area contributed by atoms with Crippen molar-refractivity contribution in [2.75, 3.05) is 6.54 Å². The Labute approximate surface area is 113 Å². The highest BCUT2D eigenvalue weighted by Gasteiger charge is 2.77. The van der Waals surface area contributed by atoms with E-state index in [0.717, 1.165) is 25.7 Å². The molecular formula is C15H21NO3. The number of hydrogen-bond donors (Lipinski definition) is 0. The van der Waals surface area contributed by atoms with E-state index in [9.17, 15) is 9.59 Å². The number of fused-ring (bicyclic) bond motifs is 2. The Morgan fingerprint density at radius 1 is 1.37 bits per heavy atom. The lowest BCUT2D eigenvalue weighted by Gasteiger charge is -2.38. The number of carbonyl (C=O) groups is 2. The predicted molar refractivity (Wildman–Crippen MR) is 68.1 cm³/mol. The van der Waals surface area contributed by atoms with Crippen LogP contribution < -0.4 is 0 Å². The van der Waals surface area contributed by atoms with Crippen molar-refractivity contribution in [3.8, 4) is 0 Å². The van der Waals surface area contributed by atoms with Crippen molar-refractivity contribution >= 4 is 11.7 Å². The summed E-state index contributed by atoms with van der Waals surface area (Å²) >= 11 is 0. The van der Waals surface area contributed by atoms with Gasteiger partial charge < -0.3 is 9.64 Å². The molecule has 2 saturated heterocycles. The van der Waals surface area contributed by atoms with Crippen LogP contribution in [-0.4, -0.2) is 35.0 Å². The van der Waals surface area contributed by atoms with Crippen LogP contribution in [0.5, 0.6) is 0 Å². The van der Waals surface area contributed by atoms with E-state index in [1.807, 2.05) is 11.8 Å². The van der Waals surface area contributed by atoms with E-state index in [1.165, 1.54) is 0 Å². The molecule has 0 aromatic heterocycles. The van der Waals surface area contributed by atoms with Gasteiger partial charge in [-0.15, -0.1) is 0 Å². The normalized spacial score (nSPS) is 49.8. The standard InChI is InChI=1S/C15H21NO3/c1-3-5-6-15-11-9-7-8(12(17)13(9)19-15)10(11)14(18)16(15)4-2/h8-11,13H,3-7H2,1-2H3. The van der Waals surface area contributed by atoms with Crippen molar-refractivity contribution in [1.82, 2.24) is 4.90 Å². The molecule has 104 valence electrons. The highest BCUT2D eigenvalue weighted by atomic mass is 16.5. The molecule has 0 radical (unpaired) electrons. The van der Waals surface area contributed by atoms with Crippen LogP contribution in [0.3, 0.4) is 0 Å². The van der Waals surface area contributed by atoms with E-state index < -0.39 is 5.72 Å². The summed E-state index contributed by atoms with van der Waals surface area (Å²) in [6.07, 6.45) is 3.75. The summed E-state index contributed by atoms with van der Waals surface area (Å²) in [4.78, 5) is 26.9. The van der Waals surface area contributed by atoms with Crippen LogP contribution in [-0.2, 0) is 14.3 Å². The van der Waals surface area contributed by atoms with Gasteiger partial charge in [0, 0.05) is 24.3 Å². The molecule has 6 unspecified atom stereocenters. The molecule has 4 nitrogen and oxygen atoms in total. The Kier molecular flexibility index (Phi) is 2.25. The number of carbonyl (C=O) groups excluding carboxylic acids is 2. The van der Waals surface area contributed by atoms with Gasteiger partial charge in [-0.3, -0.25) is 9.59 Å². The van der Waals surface area contributed by atoms with Crippen LogP contribution in [0.1, 0.15) is 39.5 Å². The van der Waals surface area contributed by atoms with Crippen molar-refractivity contribution in [3.63, 3.8) is 0 Å². The number of hydrogen-bond acceptors (Lipinski definition) is 3. The lowest BCUT2D eigenvalue weighted by Crippen LogP contribution is -2.50. The molecule has 2 bridgehead atoms. The minimum absolute atomic E-state index is 0.0347. The summed E-state index contributed by atoms with van der Waals surface area (Å²) in [5.74, 6) is 0.913. The molecule has 0 spiro atoms. The van der Waals surface area contributed by atoms with Gasteiger partial charge in [0.25, 0.3) is 0 Å². The zero-order chi connectivity index (χ0) is 13.4. The summed E-state index contributed by atoms with van der Waals surface area (Å²) in [5, 5.41) is 0. The fourth-order valence-corrected chi connectivity index (χ4v) is 5.34. The van der Waals surface area contributed by atoms with E-state index in [2.05, 4.69) is 6.92 Å². The molecule has 0 aromatic rings. The number of ether oxygens (including phenoxy) is 1. The average Bonchev–Trinajstić information content (AvgIpc) is 3.04. The molecule has 4 heteroatoms.